The number of H-pyrrole nitrogens is 1. The van der Waals surface area contributed by atoms with E-state index >= 15 is 0 Å². The van der Waals surface area contributed by atoms with E-state index in [4.69, 9.17) is 5.73 Å². The van der Waals surface area contributed by atoms with Crippen molar-refractivity contribution in [2.24, 2.45) is 0 Å². The number of aromatic amines is 1. The zero-order valence-electron chi connectivity index (χ0n) is 8.25. The summed E-state index contributed by atoms with van der Waals surface area (Å²) in [7, 11) is 0. The van der Waals surface area contributed by atoms with Gasteiger partial charge in [0.1, 0.15) is 5.69 Å². The van der Waals surface area contributed by atoms with Gasteiger partial charge in [-0.25, -0.2) is 4.79 Å². The van der Waals surface area contributed by atoms with Crippen LogP contribution in [0.3, 0.4) is 0 Å². The fraction of sp³-hybridized carbons (Fsp3) is 0.556. The van der Waals surface area contributed by atoms with E-state index in [1.165, 1.54) is 10.8 Å². The van der Waals surface area contributed by atoms with Gasteiger partial charge in [0.2, 0.25) is 0 Å². The maximum atomic E-state index is 11.2. The maximum absolute atomic E-state index is 11.2. The average Bonchev–Trinajstić information content (AvgIpc) is 2.14. The second-order valence-electron chi connectivity index (χ2n) is 3.24. The van der Waals surface area contributed by atoms with Gasteiger partial charge in [0, 0.05) is 12.7 Å². The topological polar surface area (TPSA) is 80.9 Å². The second-order valence-corrected chi connectivity index (χ2v) is 3.24. The quantitative estimate of drug-likeness (QED) is 0.681. The van der Waals surface area contributed by atoms with Crippen molar-refractivity contribution in [3.8, 4) is 0 Å². The number of nitrogens with two attached hydrogens (primary N) is 1. The number of nitrogens with one attached hydrogen (secondary N) is 1. The van der Waals surface area contributed by atoms with Gasteiger partial charge in [0.25, 0.3) is 5.56 Å². The van der Waals surface area contributed by atoms with E-state index < -0.39 is 5.56 Å². The van der Waals surface area contributed by atoms with Crippen molar-refractivity contribution in [2.75, 3.05) is 5.73 Å². The summed E-state index contributed by atoms with van der Waals surface area (Å²) in [6, 6.07) is 0. The van der Waals surface area contributed by atoms with Crippen molar-refractivity contribution < 1.29 is 0 Å². The standard InChI is InChI=1S/C9H15N3O2/c1-2-3-4-5-12-6-7(10)8(13)11-9(12)14/h6H,2-5,10H2,1H3,(H,11,13,14). The molecule has 1 aromatic rings. The molecule has 0 saturated heterocycles. The molecule has 0 saturated carbocycles. The third kappa shape index (κ3) is 2.48. The van der Waals surface area contributed by atoms with Gasteiger partial charge in [0.05, 0.1) is 0 Å². The number of rotatable bonds is 4. The van der Waals surface area contributed by atoms with Crippen LogP contribution in [0, 0.1) is 0 Å². The first-order valence-corrected chi connectivity index (χ1v) is 4.74. The molecule has 1 aromatic heterocycles. The molecule has 0 aliphatic heterocycles. The first kappa shape index (κ1) is 10.6. The summed E-state index contributed by atoms with van der Waals surface area (Å²) in [5, 5.41) is 0. The van der Waals surface area contributed by atoms with E-state index in [1.807, 2.05) is 0 Å². The van der Waals surface area contributed by atoms with Crippen molar-refractivity contribution in [1.82, 2.24) is 9.55 Å². The minimum atomic E-state index is -0.512. The summed E-state index contributed by atoms with van der Waals surface area (Å²) in [4.78, 5) is 24.3. The van der Waals surface area contributed by atoms with Gasteiger partial charge in [0.15, 0.2) is 0 Å². The molecule has 0 unspecified atom stereocenters. The van der Waals surface area contributed by atoms with Crippen LogP contribution in [0.15, 0.2) is 15.8 Å². The molecule has 78 valence electrons. The predicted octanol–water partition coefficient (Wildman–Crippen LogP) is 0.309. The lowest BCUT2D eigenvalue weighted by Crippen LogP contribution is -2.31. The molecule has 1 heterocycles. The Labute approximate surface area is 81.6 Å². The molecule has 0 spiro atoms. The van der Waals surface area contributed by atoms with Gasteiger partial charge in [-0.05, 0) is 6.42 Å². The van der Waals surface area contributed by atoms with Crippen LogP contribution in [0.4, 0.5) is 5.69 Å². The highest BCUT2D eigenvalue weighted by Crippen LogP contribution is 1.96. The van der Waals surface area contributed by atoms with Crippen LogP contribution < -0.4 is 17.0 Å². The zero-order chi connectivity index (χ0) is 10.6. The lowest BCUT2D eigenvalue weighted by Gasteiger charge is -2.04. The monoisotopic (exact) mass is 197 g/mol. The zero-order valence-corrected chi connectivity index (χ0v) is 8.25. The van der Waals surface area contributed by atoms with Crippen LogP contribution in [0.5, 0.6) is 0 Å². The summed E-state index contributed by atoms with van der Waals surface area (Å²) in [6.45, 7) is 2.69. The average molecular weight is 197 g/mol. The van der Waals surface area contributed by atoms with Crippen molar-refractivity contribution in [3.63, 3.8) is 0 Å². The fourth-order valence-electron chi connectivity index (χ4n) is 1.22. The van der Waals surface area contributed by atoms with Gasteiger partial charge in [-0.3, -0.25) is 14.3 Å². The molecule has 14 heavy (non-hydrogen) atoms. The number of nitrogens with zero attached hydrogens (tertiary/aromatic N) is 1. The number of hydrogen-bond donors (Lipinski definition) is 2. The molecule has 0 fully saturated rings. The molecule has 5 nitrogen and oxygen atoms in total. The number of unbranched alkanes of at least 4 members (excludes halogenated alkanes) is 2. The lowest BCUT2D eigenvalue weighted by atomic mass is 10.2. The number of anilines is 1. The molecule has 0 aliphatic carbocycles. The Kier molecular flexibility index (Phi) is 3.50. The highest BCUT2D eigenvalue weighted by atomic mass is 16.2. The Morgan fingerprint density at radius 3 is 2.79 bits per heavy atom. The van der Waals surface area contributed by atoms with Gasteiger partial charge in [-0.2, -0.15) is 0 Å². The third-order valence-electron chi connectivity index (χ3n) is 2.04. The van der Waals surface area contributed by atoms with Crippen LogP contribution in [-0.2, 0) is 6.54 Å². The minimum Gasteiger partial charge on any atom is -0.393 e. The number of hydrogen-bond acceptors (Lipinski definition) is 3. The van der Waals surface area contributed by atoms with Crippen molar-refractivity contribution in [1.29, 1.82) is 0 Å². The van der Waals surface area contributed by atoms with Crippen LogP contribution >= 0.6 is 0 Å². The molecule has 0 amide bonds. The van der Waals surface area contributed by atoms with E-state index in [2.05, 4.69) is 11.9 Å². The largest absolute Gasteiger partial charge is 0.393 e. The van der Waals surface area contributed by atoms with Gasteiger partial charge in [-0.1, -0.05) is 19.8 Å². The van der Waals surface area contributed by atoms with Crippen LogP contribution in [-0.4, -0.2) is 9.55 Å². The van der Waals surface area contributed by atoms with E-state index in [-0.39, 0.29) is 11.4 Å². The molecule has 0 atom stereocenters. The third-order valence-corrected chi connectivity index (χ3v) is 2.04. The highest BCUT2D eigenvalue weighted by molar-refractivity contribution is 5.30. The van der Waals surface area contributed by atoms with Gasteiger partial charge in [-0.15, -0.1) is 0 Å². The Hall–Kier alpha value is -1.52. The minimum absolute atomic E-state index is 0.0844. The predicted molar refractivity (Wildman–Crippen MR) is 55.3 cm³/mol. The maximum Gasteiger partial charge on any atom is 0.328 e. The van der Waals surface area contributed by atoms with Crippen LogP contribution in [0.2, 0.25) is 0 Å². The van der Waals surface area contributed by atoms with Crippen molar-refractivity contribution in [2.45, 2.75) is 32.7 Å². The number of aryl methyl sites for hydroxylation is 1. The van der Waals surface area contributed by atoms with Crippen LogP contribution in [0.1, 0.15) is 26.2 Å². The second kappa shape index (κ2) is 4.64. The van der Waals surface area contributed by atoms with Gasteiger partial charge < -0.3 is 5.73 Å². The fourth-order valence-corrected chi connectivity index (χ4v) is 1.22. The Bertz CT molecular complexity index is 405. The van der Waals surface area contributed by atoms with E-state index in [1.54, 1.807) is 0 Å². The normalized spacial score (nSPS) is 10.4. The summed E-state index contributed by atoms with van der Waals surface area (Å²) >= 11 is 0. The molecule has 1 rings (SSSR count). The molecule has 0 bridgehead atoms. The van der Waals surface area contributed by atoms with Gasteiger partial charge >= 0.3 is 5.69 Å². The Morgan fingerprint density at radius 2 is 2.14 bits per heavy atom. The number of aromatic nitrogens is 2. The molecule has 0 aromatic carbocycles. The molecule has 5 heteroatoms. The summed E-state index contributed by atoms with van der Waals surface area (Å²) in [6.07, 6.45) is 4.47. The highest BCUT2D eigenvalue weighted by Gasteiger charge is 1.99. The molecule has 0 aliphatic rings. The summed E-state index contributed by atoms with van der Waals surface area (Å²) < 4.78 is 1.44. The number of nitrogen functional groups attached to an aromatic ring is 1. The Morgan fingerprint density at radius 1 is 1.43 bits per heavy atom. The van der Waals surface area contributed by atoms with E-state index in [0.29, 0.717) is 6.54 Å². The van der Waals surface area contributed by atoms with Crippen molar-refractivity contribution >= 4 is 5.69 Å². The SMILES string of the molecule is CCCCCn1cc(N)c(=O)[nH]c1=O. The van der Waals surface area contributed by atoms with Crippen molar-refractivity contribution in [3.05, 3.63) is 27.0 Å². The van der Waals surface area contributed by atoms with E-state index in [0.717, 1.165) is 19.3 Å². The Balaban J connectivity index is 2.82. The molecular formula is C9H15N3O2. The first-order valence-electron chi connectivity index (χ1n) is 4.74. The van der Waals surface area contributed by atoms with E-state index in [9.17, 15) is 9.59 Å². The summed E-state index contributed by atoms with van der Waals surface area (Å²) in [5.41, 5.74) is 4.57. The molecule has 3 N–H and O–H groups in total. The van der Waals surface area contributed by atoms with Crippen LogP contribution in [0.25, 0.3) is 0 Å². The smallest absolute Gasteiger partial charge is 0.328 e. The lowest BCUT2D eigenvalue weighted by molar-refractivity contribution is 0.576. The first-order chi connectivity index (χ1) is 6.65. The summed E-state index contributed by atoms with van der Waals surface area (Å²) in [5.74, 6) is 0. The molecular weight excluding hydrogens is 182 g/mol. The molecule has 0 radical (unpaired) electrons.